The zero-order chi connectivity index (χ0) is 13.1. The van der Waals surface area contributed by atoms with E-state index >= 15 is 0 Å². The third-order valence-corrected chi connectivity index (χ3v) is 1.62. The maximum atomic E-state index is 12.3. The van der Waals surface area contributed by atoms with Crippen molar-refractivity contribution < 1.29 is 26.7 Å². The first-order valence-corrected chi connectivity index (χ1v) is 4.24. The summed E-state index contributed by atoms with van der Waals surface area (Å²) in [6.07, 6.45) is -7.59. The van der Waals surface area contributed by atoms with E-state index in [1.54, 1.807) is 0 Å². The second-order valence-electron chi connectivity index (χ2n) is 2.86. The van der Waals surface area contributed by atoms with Crippen molar-refractivity contribution in [3.8, 4) is 11.9 Å². The molecule has 3 nitrogen and oxygen atoms in total. The van der Waals surface area contributed by atoms with Crippen LogP contribution in [0.5, 0.6) is 5.88 Å². The lowest BCUT2D eigenvalue weighted by Gasteiger charge is -2.10. The first kappa shape index (κ1) is 13.2. The average Bonchev–Trinajstić information content (AvgIpc) is 2.24. The highest BCUT2D eigenvalue weighted by Gasteiger charge is 2.33. The van der Waals surface area contributed by atoms with Crippen LogP contribution in [0.4, 0.5) is 22.0 Å². The fourth-order valence-electron chi connectivity index (χ4n) is 0.935. The number of nitrogens with zero attached hydrogens (tertiary/aromatic N) is 2. The highest BCUT2D eigenvalue weighted by atomic mass is 19.4. The van der Waals surface area contributed by atoms with E-state index in [9.17, 15) is 22.0 Å². The van der Waals surface area contributed by atoms with Crippen LogP contribution in [0.3, 0.4) is 0 Å². The quantitative estimate of drug-likeness (QED) is 0.777. The molecule has 0 saturated heterocycles. The fraction of sp³-hybridized carbons (Fsp3) is 0.333. The first-order valence-electron chi connectivity index (χ1n) is 4.24. The number of alkyl halides is 5. The standard InChI is InChI=1S/C9H5F5N2O/c10-7(11)4-17-8-5(3-15)1-2-6(16-8)9(12,13)14/h1-2,7H,4H2. The van der Waals surface area contributed by atoms with Crippen molar-refractivity contribution in [2.24, 2.45) is 0 Å². The minimum absolute atomic E-state index is 0.335. The normalized spacial score (nSPS) is 11.4. The molecule has 0 amide bonds. The molecule has 1 aromatic heterocycles. The minimum Gasteiger partial charge on any atom is -0.471 e. The smallest absolute Gasteiger partial charge is 0.433 e. The van der Waals surface area contributed by atoms with Gasteiger partial charge in [0.05, 0.1) is 0 Å². The summed E-state index contributed by atoms with van der Waals surface area (Å²) in [7, 11) is 0. The second kappa shape index (κ2) is 4.95. The first-order chi connectivity index (χ1) is 7.84. The molecule has 17 heavy (non-hydrogen) atoms. The van der Waals surface area contributed by atoms with Crippen LogP contribution in [0, 0.1) is 11.3 Å². The van der Waals surface area contributed by atoms with Gasteiger partial charge in [0.1, 0.15) is 17.3 Å². The van der Waals surface area contributed by atoms with Crippen molar-refractivity contribution >= 4 is 0 Å². The van der Waals surface area contributed by atoms with Gasteiger partial charge < -0.3 is 4.74 Å². The number of nitriles is 1. The van der Waals surface area contributed by atoms with Gasteiger partial charge in [-0.3, -0.25) is 0 Å². The summed E-state index contributed by atoms with van der Waals surface area (Å²) in [5, 5.41) is 8.54. The predicted octanol–water partition coefficient (Wildman–Crippen LogP) is 2.62. The van der Waals surface area contributed by atoms with E-state index in [0.29, 0.717) is 6.07 Å². The number of ether oxygens (including phenoxy) is 1. The summed E-state index contributed by atoms with van der Waals surface area (Å²) in [4.78, 5) is 2.98. The Kier molecular flexibility index (Phi) is 3.83. The molecule has 0 bridgehead atoms. The van der Waals surface area contributed by atoms with Gasteiger partial charge in [0.15, 0.2) is 6.61 Å². The third-order valence-electron chi connectivity index (χ3n) is 1.62. The molecule has 1 rings (SSSR count). The monoisotopic (exact) mass is 252 g/mol. The largest absolute Gasteiger partial charge is 0.471 e. The van der Waals surface area contributed by atoms with Crippen LogP contribution >= 0.6 is 0 Å². The van der Waals surface area contributed by atoms with Crippen LogP contribution in [0.25, 0.3) is 0 Å². The minimum atomic E-state index is -4.73. The Hall–Kier alpha value is -1.91. The van der Waals surface area contributed by atoms with Crippen molar-refractivity contribution in [3.05, 3.63) is 23.4 Å². The van der Waals surface area contributed by atoms with E-state index in [-0.39, 0.29) is 5.56 Å². The van der Waals surface area contributed by atoms with E-state index < -0.39 is 30.8 Å². The van der Waals surface area contributed by atoms with Crippen LogP contribution in [0.2, 0.25) is 0 Å². The number of halogens is 5. The molecule has 92 valence electrons. The Morgan fingerprint density at radius 3 is 2.47 bits per heavy atom. The second-order valence-corrected chi connectivity index (χ2v) is 2.86. The van der Waals surface area contributed by atoms with Gasteiger partial charge in [-0.05, 0) is 12.1 Å². The van der Waals surface area contributed by atoms with Gasteiger partial charge in [-0.25, -0.2) is 13.8 Å². The van der Waals surface area contributed by atoms with Crippen LogP contribution in [-0.2, 0) is 6.18 Å². The SMILES string of the molecule is N#Cc1ccc(C(F)(F)F)nc1OCC(F)F. The van der Waals surface area contributed by atoms with E-state index in [1.807, 2.05) is 0 Å². The fourth-order valence-corrected chi connectivity index (χ4v) is 0.935. The predicted molar refractivity (Wildman–Crippen MR) is 45.5 cm³/mol. The summed E-state index contributed by atoms with van der Waals surface area (Å²) < 4.78 is 64.8. The van der Waals surface area contributed by atoms with Gasteiger partial charge in [0.2, 0.25) is 5.88 Å². The van der Waals surface area contributed by atoms with Crippen molar-refractivity contribution in [3.63, 3.8) is 0 Å². The number of hydrogen-bond acceptors (Lipinski definition) is 3. The molecule has 1 aromatic rings. The van der Waals surface area contributed by atoms with E-state index in [1.165, 1.54) is 6.07 Å². The van der Waals surface area contributed by atoms with Crippen molar-refractivity contribution in [1.82, 2.24) is 4.98 Å². The van der Waals surface area contributed by atoms with Gasteiger partial charge in [-0.2, -0.15) is 18.4 Å². The average molecular weight is 252 g/mol. The third kappa shape index (κ3) is 3.55. The zero-order valence-corrected chi connectivity index (χ0v) is 8.13. The topological polar surface area (TPSA) is 45.9 Å². The molecule has 1 heterocycles. The lowest BCUT2D eigenvalue weighted by atomic mass is 10.2. The highest BCUT2D eigenvalue weighted by molar-refractivity contribution is 5.39. The number of aromatic nitrogens is 1. The van der Waals surface area contributed by atoms with Gasteiger partial charge >= 0.3 is 6.18 Å². The summed E-state index contributed by atoms with van der Waals surface area (Å²) >= 11 is 0. The zero-order valence-electron chi connectivity index (χ0n) is 8.13. The lowest BCUT2D eigenvalue weighted by molar-refractivity contribution is -0.141. The summed E-state index contributed by atoms with van der Waals surface area (Å²) in [5.41, 5.74) is -1.64. The maximum Gasteiger partial charge on any atom is 0.433 e. The Balaban J connectivity index is 3.04. The molecule has 0 aromatic carbocycles. The van der Waals surface area contributed by atoms with Crippen LogP contribution in [0.1, 0.15) is 11.3 Å². The molecule has 0 N–H and O–H groups in total. The highest BCUT2D eigenvalue weighted by Crippen LogP contribution is 2.30. The van der Waals surface area contributed by atoms with Crippen molar-refractivity contribution in [2.45, 2.75) is 12.6 Å². The van der Waals surface area contributed by atoms with Crippen molar-refractivity contribution in [1.29, 1.82) is 5.26 Å². The molecule has 0 fully saturated rings. The van der Waals surface area contributed by atoms with Crippen molar-refractivity contribution in [2.75, 3.05) is 6.61 Å². The molecule has 0 aliphatic heterocycles. The molecule has 0 radical (unpaired) electrons. The van der Waals surface area contributed by atoms with Crippen LogP contribution in [-0.4, -0.2) is 18.0 Å². The summed E-state index contributed by atoms with van der Waals surface area (Å²) in [6, 6.07) is 2.89. The van der Waals surface area contributed by atoms with Gasteiger partial charge in [-0.15, -0.1) is 0 Å². The lowest BCUT2D eigenvalue weighted by Crippen LogP contribution is -2.13. The summed E-state index contributed by atoms with van der Waals surface area (Å²) in [5.74, 6) is -0.748. The van der Waals surface area contributed by atoms with Gasteiger partial charge in [-0.1, -0.05) is 0 Å². The molecule has 0 spiro atoms. The van der Waals surface area contributed by atoms with E-state index in [2.05, 4.69) is 9.72 Å². The number of pyridine rings is 1. The molecule has 0 atom stereocenters. The molecule has 0 unspecified atom stereocenters. The van der Waals surface area contributed by atoms with Gasteiger partial charge in [0, 0.05) is 0 Å². The Morgan fingerprint density at radius 2 is 2.00 bits per heavy atom. The summed E-state index contributed by atoms with van der Waals surface area (Å²) in [6.45, 7) is -1.12. The Labute approximate surface area is 92.4 Å². The Morgan fingerprint density at radius 1 is 1.35 bits per heavy atom. The van der Waals surface area contributed by atoms with E-state index in [4.69, 9.17) is 5.26 Å². The molecule has 8 heteroatoms. The van der Waals surface area contributed by atoms with E-state index in [0.717, 1.165) is 6.07 Å². The van der Waals surface area contributed by atoms with Crippen LogP contribution < -0.4 is 4.74 Å². The van der Waals surface area contributed by atoms with Crippen LogP contribution in [0.15, 0.2) is 12.1 Å². The molecule has 0 saturated carbocycles. The maximum absolute atomic E-state index is 12.3. The Bertz CT molecular complexity index is 438. The number of rotatable bonds is 3. The molecule has 0 aliphatic rings. The molecular weight excluding hydrogens is 247 g/mol. The number of hydrogen-bond donors (Lipinski definition) is 0. The molecular formula is C9H5F5N2O. The van der Waals surface area contributed by atoms with Gasteiger partial charge in [0.25, 0.3) is 6.43 Å². The molecule has 0 aliphatic carbocycles.